The van der Waals surface area contributed by atoms with Gasteiger partial charge in [-0.15, -0.1) is 0 Å². The summed E-state index contributed by atoms with van der Waals surface area (Å²) in [6.07, 6.45) is 7.06. The van der Waals surface area contributed by atoms with Crippen LogP contribution in [0.15, 0.2) is 55.1 Å². The molecule has 0 unspecified atom stereocenters. The van der Waals surface area contributed by atoms with E-state index in [0.29, 0.717) is 11.2 Å². The van der Waals surface area contributed by atoms with E-state index in [1.54, 1.807) is 30.7 Å². The SMILES string of the molecule is Cc1nccn1-c1ccc(NC(=O)Cc2c[nH]c3cc(F)ccc23)cn1. The highest BCUT2D eigenvalue weighted by atomic mass is 19.1. The van der Waals surface area contributed by atoms with Crippen LogP contribution in [0.2, 0.25) is 0 Å². The Morgan fingerprint density at radius 1 is 1.27 bits per heavy atom. The summed E-state index contributed by atoms with van der Waals surface area (Å²) in [7, 11) is 0. The quantitative estimate of drug-likeness (QED) is 0.593. The van der Waals surface area contributed by atoms with Gasteiger partial charge in [-0.3, -0.25) is 9.36 Å². The number of hydrogen-bond donors (Lipinski definition) is 2. The van der Waals surface area contributed by atoms with Crippen LogP contribution in [-0.2, 0) is 11.2 Å². The van der Waals surface area contributed by atoms with Crippen LogP contribution in [0.5, 0.6) is 0 Å². The molecule has 0 aliphatic carbocycles. The molecule has 0 bridgehead atoms. The molecular formula is C19H16FN5O. The molecule has 0 radical (unpaired) electrons. The van der Waals surface area contributed by atoms with Crippen molar-refractivity contribution in [2.24, 2.45) is 0 Å². The van der Waals surface area contributed by atoms with Crippen molar-refractivity contribution < 1.29 is 9.18 Å². The van der Waals surface area contributed by atoms with Gasteiger partial charge < -0.3 is 10.3 Å². The highest BCUT2D eigenvalue weighted by Gasteiger charge is 2.10. The number of carbonyl (C=O) groups is 1. The minimum absolute atomic E-state index is 0.163. The number of carbonyl (C=O) groups excluding carboxylic acids is 1. The van der Waals surface area contributed by atoms with Crippen LogP contribution in [0.4, 0.5) is 10.1 Å². The number of aryl methyl sites for hydroxylation is 1. The predicted molar refractivity (Wildman–Crippen MR) is 96.7 cm³/mol. The van der Waals surface area contributed by atoms with Crippen molar-refractivity contribution >= 4 is 22.5 Å². The standard InChI is InChI=1S/C19H16FN5O/c1-12-21-6-7-25(12)18-5-3-15(11-23-18)24-19(26)8-13-10-22-17-9-14(20)2-4-16(13)17/h2-7,9-11,22H,8H2,1H3,(H,24,26). The van der Waals surface area contributed by atoms with Crippen molar-refractivity contribution in [2.75, 3.05) is 5.32 Å². The maximum Gasteiger partial charge on any atom is 0.228 e. The molecule has 7 heteroatoms. The van der Waals surface area contributed by atoms with Gasteiger partial charge in [0.1, 0.15) is 17.5 Å². The van der Waals surface area contributed by atoms with Crippen molar-refractivity contribution in [3.63, 3.8) is 0 Å². The van der Waals surface area contributed by atoms with Crippen LogP contribution in [0.3, 0.4) is 0 Å². The number of nitrogens with one attached hydrogen (secondary N) is 2. The van der Waals surface area contributed by atoms with Gasteiger partial charge >= 0.3 is 0 Å². The zero-order valence-corrected chi connectivity index (χ0v) is 14.0. The average Bonchev–Trinajstić information content (AvgIpc) is 3.22. The molecule has 3 aromatic heterocycles. The highest BCUT2D eigenvalue weighted by molar-refractivity contribution is 5.95. The molecule has 0 spiro atoms. The fourth-order valence-electron chi connectivity index (χ4n) is 2.91. The number of imidazole rings is 1. The predicted octanol–water partition coefficient (Wildman–Crippen LogP) is 3.38. The number of nitrogens with zero attached hydrogens (tertiary/aromatic N) is 3. The number of benzene rings is 1. The van der Waals surface area contributed by atoms with E-state index in [2.05, 4.69) is 20.3 Å². The van der Waals surface area contributed by atoms with E-state index in [0.717, 1.165) is 22.6 Å². The number of halogens is 1. The van der Waals surface area contributed by atoms with Gasteiger partial charge in [-0.2, -0.15) is 0 Å². The zero-order chi connectivity index (χ0) is 18.1. The highest BCUT2D eigenvalue weighted by Crippen LogP contribution is 2.20. The number of fused-ring (bicyclic) bond motifs is 1. The average molecular weight is 349 g/mol. The number of aromatic amines is 1. The molecule has 0 atom stereocenters. The van der Waals surface area contributed by atoms with E-state index in [9.17, 15) is 9.18 Å². The van der Waals surface area contributed by atoms with E-state index in [4.69, 9.17) is 0 Å². The van der Waals surface area contributed by atoms with Crippen LogP contribution < -0.4 is 5.32 Å². The van der Waals surface area contributed by atoms with Gasteiger partial charge in [0.25, 0.3) is 0 Å². The number of anilines is 1. The summed E-state index contributed by atoms with van der Waals surface area (Å²) in [5.41, 5.74) is 2.10. The van der Waals surface area contributed by atoms with Crippen LogP contribution in [0.1, 0.15) is 11.4 Å². The molecule has 0 aliphatic heterocycles. The van der Waals surface area contributed by atoms with E-state index in [-0.39, 0.29) is 18.1 Å². The Kier molecular flexibility index (Phi) is 3.96. The summed E-state index contributed by atoms with van der Waals surface area (Å²) in [6, 6.07) is 8.09. The summed E-state index contributed by atoms with van der Waals surface area (Å²) >= 11 is 0. The number of H-pyrrole nitrogens is 1. The summed E-state index contributed by atoms with van der Waals surface area (Å²) in [4.78, 5) is 23.8. The van der Waals surface area contributed by atoms with E-state index in [1.807, 2.05) is 23.8 Å². The van der Waals surface area contributed by atoms with Gasteiger partial charge in [0.15, 0.2) is 0 Å². The van der Waals surface area contributed by atoms with E-state index in [1.165, 1.54) is 12.1 Å². The van der Waals surface area contributed by atoms with Crippen molar-refractivity contribution in [1.82, 2.24) is 19.5 Å². The van der Waals surface area contributed by atoms with Crippen LogP contribution in [-0.4, -0.2) is 25.4 Å². The largest absolute Gasteiger partial charge is 0.361 e. The Labute approximate surface area is 148 Å². The third-order valence-electron chi connectivity index (χ3n) is 4.18. The Hall–Kier alpha value is -3.48. The van der Waals surface area contributed by atoms with Gasteiger partial charge in [-0.25, -0.2) is 14.4 Å². The second-order valence-corrected chi connectivity index (χ2v) is 5.98. The first-order chi connectivity index (χ1) is 12.6. The smallest absolute Gasteiger partial charge is 0.228 e. The van der Waals surface area contributed by atoms with Gasteiger partial charge in [0.05, 0.1) is 18.3 Å². The molecule has 26 heavy (non-hydrogen) atoms. The fraction of sp³-hybridized carbons (Fsp3) is 0.105. The number of pyridine rings is 1. The monoisotopic (exact) mass is 349 g/mol. The summed E-state index contributed by atoms with van der Waals surface area (Å²) in [5.74, 6) is 1.10. The maximum atomic E-state index is 13.2. The first kappa shape index (κ1) is 16.0. The van der Waals surface area contributed by atoms with Gasteiger partial charge in [-0.1, -0.05) is 0 Å². The maximum absolute atomic E-state index is 13.2. The number of aromatic nitrogens is 4. The zero-order valence-electron chi connectivity index (χ0n) is 14.0. The molecular weight excluding hydrogens is 333 g/mol. The lowest BCUT2D eigenvalue weighted by Gasteiger charge is -2.07. The van der Waals surface area contributed by atoms with Crippen molar-refractivity contribution in [3.05, 3.63) is 72.3 Å². The molecule has 0 fully saturated rings. The van der Waals surface area contributed by atoms with Crippen LogP contribution in [0.25, 0.3) is 16.7 Å². The fourth-order valence-corrected chi connectivity index (χ4v) is 2.91. The number of amides is 1. The number of hydrogen-bond acceptors (Lipinski definition) is 3. The van der Waals surface area contributed by atoms with E-state index < -0.39 is 0 Å². The lowest BCUT2D eigenvalue weighted by atomic mass is 10.1. The molecule has 130 valence electrons. The third kappa shape index (κ3) is 3.06. The lowest BCUT2D eigenvalue weighted by Crippen LogP contribution is -2.14. The number of rotatable bonds is 4. The Morgan fingerprint density at radius 3 is 2.88 bits per heavy atom. The molecule has 0 saturated heterocycles. The van der Waals surface area contributed by atoms with E-state index >= 15 is 0 Å². The topological polar surface area (TPSA) is 75.6 Å². The van der Waals surface area contributed by atoms with Gasteiger partial charge in [-0.05, 0) is 42.8 Å². The lowest BCUT2D eigenvalue weighted by molar-refractivity contribution is -0.115. The Balaban J connectivity index is 1.47. The molecule has 6 nitrogen and oxygen atoms in total. The Morgan fingerprint density at radius 2 is 2.15 bits per heavy atom. The minimum Gasteiger partial charge on any atom is -0.361 e. The molecule has 0 saturated carbocycles. The molecule has 3 heterocycles. The second kappa shape index (κ2) is 6.44. The summed E-state index contributed by atoms with van der Waals surface area (Å²) < 4.78 is 15.1. The molecule has 1 amide bonds. The Bertz CT molecular complexity index is 1080. The second-order valence-electron chi connectivity index (χ2n) is 5.98. The normalized spacial score (nSPS) is 11.0. The first-order valence-corrected chi connectivity index (χ1v) is 8.12. The first-order valence-electron chi connectivity index (χ1n) is 8.12. The van der Waals surface area contributed by atoms with Crippen LogP contribution >= 0.6 is 0 Å². The molecule has 2 N–H and O–H groups in total. The minimum atomic E-state index is -0.311. The molecule has 4 aromatic rings. The van der Waals surface area contributed by atoms with Crippen molar-refractivity contribution in [3.8, 4) is 5.82 Å². The molecule has 4 rings (SSSR count). The summed E-state index contributed by atoms with van der Waals surface area (Å²) in [5, 5.41) is 3.67. The van der Waals surface area contributed by atoms with Gasteiger partial charge in [0.2, 0.25) is 5.91 Å². The van der Waals surface area contributed by atoms with Crippen LogP contribution in [0, 0.1) is 12.7 Å². The van der Waals surface area contributed by atoms with Gasteiger partial charge in [0, 0.05) is 29.5 Å². The van der Waals surface area contributed by atoms with Crippen molar-refractivity contribution in [1.29, 1.82) is 0 Å². The third-order valence-corrected chi connectivity index (χ3v) is 4.18. The molecule has 0 aliphatic rings. The molecule has 1 aromatic carbocycles. The summed E-state index contributed by atoms with van der Waals surface area (Å²) in [6.45, 7) is 1.89. The van der Waals surface area contributed by atoms with Crippen molar-refractivity contribution in [2.45, 2.75) is 13.3 Å².